The van der Waals surface area contributed by atoms with Crippen molar-refractivity contribution >= 4 is 17.2 Å². The van der Waals surface area contributed by atoms with Crippen molar-refractivity contribution < 1.29 is 9.53 Å². The van der Waals surface area contributed by atoms with Crippen LogP contribution < -0.4 is 5.32 Å². The first-order valence-corrected chi connectivity index (χ1v) is 5.75. The molecule has 0 fully saturated rings. The van der Waals surface area contributed by atoms with Crippen LogP contribution in [0.2, 0.25) is 0 Å². The summed E-state index contributed by atoms with van der Waals surface area (Å²) in [6, 6.07) is 4.02. The molecule has 0 aromatic carbocycles. The summed E-state index contributed by atoms with van der Waals surface area (Å²) in [5, 5.41) is 4.92. The van der Waals surface area contributed by atoms with E-state index >= 15 is 0 Å². The van der Waals surface area contributed by atoms with E-state index in [0.717, 1.165) is 4.88 Å². The highest BCUT2D eigenvalue weighted by Crippen LogP contribution is 2.19. The fourth-order valence-corrected chi connectivity index (χ4v) is 1.81. The number of hydrogen-bond donors (Lipinski definition) is 1. The van der Waals surface area contributed by atoms with E-state index in [9.17, 15) is 4.79 Å². The number of ether oxygens (including phenoxy) is 1. The maximum Gasteiger partial charge on any atom is 0.252 e. The maximum atomic E-state index is 11.8. The zero-order chi connectivity index (χ0) is 11.5. The molecule has 0 radical (unpaired) electrons. The van der Waals surface area contributed by atoms with Crippen molar-refractivity contribution in [2.75, 3.05) is 7.11 Å². The molecule has 1 heterocycles. The highest BCUT2D eigenvalue weighted by Gasteiger charge is 2.28. The monoisotopic (exact) mass is 227 g/mol. The number of amides is 1. The number of carbonyl (C=O) groups excluding carboxylic acids is 1. The summed E-state index contributed by atoms with van der Waals surface area (Å²) in [5.41, 5.74) is -0.772. The van der Waals surface area contributed by atoms with Crippen molar-refractivity contribution in [2.24, 2.45) is 0 Å². The van der Waals surface area contributed by atoms with Crippen LogP contribution in [0.15, 0.2) is 17.5 Å². The lowest BCUT2D eigenvalue weighted by Crippen LogP contribution is -2.44. The first-order valence-electron chi connectivity index (χ1n) is 4.87. The lowest BCUT2D eigenvalue weighted by atomic mass is 10.1. The fraction of sp³-hybridized carbons (Fsp3) is 0.545. The van der Waals surface area contributed by atoms with E-state index in [4.69, 9.17) is 4.74 Å². The van der Waals surface area contributed by atoms with Gasteiger partial charge in [-0.15, -0.1) is 11.3 Å². The Kier molecular flexibility index (Phi) is 3.88. The summed E-state index contributed by atoms with van der Waals surface area (Å²) in [7, 11) is 1.54. The second-order valence-corrected chi connectivity index (χ2v) is 4.90. The lowest BCUT2D eigenvalue weighted by Gasteiger charge is -2.24. The molecule has 1 aromatic rings. The second-order valence-electron chi connectivity index (χ2n) is 3.93. The van der Waals surface area contributed by atoms with E-state index in [1.54, 1.807) is 25.2 Å². The fourth-order valence-electron chi connectivity index (χ4n) is 1.07. The van der Waals surface area contributed by atoms with Gasteiger partial charge in [-0.3, -0.25) is 4.79 Å². The second kappa shape index (κ2) is 4.77. The van der Waals surface area contributed by atoms with Gasteiger partial charge < -0.3 is 10.1 Å². The van der Waals surface area contributed by atoms with Gasteiger partial charge in [0.2, 0.25) is 0 Å². The van der Waals surface area contributed by atoms with E-state index in [2.05, 4.69) is 5.32 Å². The minimum absolute atomic E-state index is 0.0342. The van der Waals surface area contributed by atoms with Crippen molar-refractivity contribution in [2.45, 2.75) is 32.4 Å². The van der Waals surface area contributed by atoms with Crippen LogP contribution in [0.5, 0.6) is 0 Å². The molecule has 0 bridgehead atoms. The zero-order valence-electron chi connectivity index (χ0n) is 9.53. The molecule has 1 rings (SSSR count). The maximum absolute atomic E-state index is 11.8. The molecule has 0 aliphatic carbocycles. The van der Waals surface area contributed by atoms with Crippen LogP contribution in [-0.2, 0) is 9.53 Å². The van der Waals surface area contributed by atoms with Crippen LogP contribution >= 0.6 is 11.3 Å². The van der Waals surface area contributed by atoms with Gasteiger partial charge in [0, 0.05) is 12.0 Å². The predicted octanol–water partition coefficient (Wildman–Crippen LogP) is 2.35. The van der Waals surface area contributed by atoms with E-state index in [1.165, 1.54) is 7.11 Å². The van der Waals surface area contributed by atoms with Gasteiger partial charge in [-0.05, 0) is 32.2 Å². The number of thiophene rings is 1. The average molecular weight is 227 g/mol. The van der Waals surface area contributed by atoms with Crippen molar-refractivity contribution in [3.8, 4) is 0 Å². The highest BCUT2D eigenvalue weighted by atomic mass is 32.1. The summed E-state index contributed by atoms with van der Waals surface area (Å²) in [4.78, 5) is 12.9. The quantitative estimate of drug-likeness (QED) is 0.857. The average Bonchev–Trinajstić information content (AvgIpc) is 2.70. The third-order valence-electron chi connectivity index (χ3n) is 2.37. The molecule has 84 valence electrons. The molecule has 3 nitrogen and oxygen atoms in total. The van der Waals surface area contributed by atoms with Crippen LogP contribution in [0.3, 0.4) is 0 Å². The summed E-state index contributed by atoms with van der Waals surface area (Å²) in [6.45, 7) is 5.47. The van der Waals surface area contributed by atoms with Gasteiger partial charge >= 0.3 is 0 Å². The summed E-state index contributed by atoms with van der Waals surface area (Å²) in [5.74, 6) is -0.0918. The summed E-state index contributed by atoms with van der Waals surface area (Å²) in [6.07, 6.45) is 0. The van der Waals surface area contributed by atoms with Crippen molar-refractivity contribution in [1.29, 1.82) is 0 Å². The largest absolute Gasteiger partial charge is 0.369 e. The van der Waals surface area contributed by atoms with Crippen molar-refractivity contribution in [3.63, 3.8) is 0 Å². The number of carbonyl (C=O) groups is 1. The van der Waals surface area contributed by atoms with Gasteiger partial charge in [0.05, 0.1) is 6.04 Å². The Balaban J connectivity index is 2.60. The van der Waals surface area contributed by atoms with Gasteiger partial charge in [-0.2, -0.15) is 0 Å². The Labute approximate surface area is 94.5 Å². The molecule has 0 saturated carbocycles. The molecular weight excluding hydrogens is 210 g/mol. The first-order chi connectivity index (χ1) is 6.97. The molecule has 0 saturated heterocycles. The Hall–Kier alpha value is -0.870. The zero-order valence-corrected chi connectivity index (χ0v) is 10.4. The van der Waals surface area contributed by atoms with Gasteiger partial charge in [-0.25, -0.2) is 0 Å². The Morgan fingerprint density at radius 3 is 2.73 bits per heavy atom. The molecule has 0 aliphatic rings. The van der Waals surface area contributed by atoms with Gasteiger partial charge in [0.25, 0.3) is 5.91 Å². The van der Waals surface area contributed by atoms with Crippen LogP contribution in [0.25, 0.3) is 0 Å². The number of nitrogens with one attached hydrogen (secondary N) is 1. The molecule has 1 amide bonds. The van der Waals surface area contributed by atoms with E-state index < -0.39 is 5.60 Å². The van der Waals surface area contributed by atoms with E-state index in [1.807, 2.05) is 24.4 Å². The minimum Gasteiger partial charge on any atom is -0.369 e. The molecule has 0 unspecified atom stereocenters. The molecule has 0 aliphatic heterocycles. The minimum atomic E-state index is -0.772. The smallest absolute Gasteiger partial charge is 0.252 e. The molecule has 1 aromatic heterocycles. The Morgan fingerprint density at radius 1 is 1.60 bits per heavy atom. The van der Waals surface area contributed by atoms with Crippen LogP contribution in [0.1, 0.15) is 31.7 Å². The molecule has 1 atom stereocenters. The first kappa shape index (κ1) is 12.2. The third kappa shape index (κ3) is 3.04. The van der Waals surface area contributed by atoms with E-state index in [0.29, 0.717) is 0 Å². The number of methoxy groups -OCH3 is 1. The molecule has 1 N–H and O–H groups in total. The SMILES string of the molecule is COC(C)(C)C(=O)N[C@@H](C)c1cccs1. The number of rotatable bonds is 4. The molecule has 15 heavy (non-hydrogen) atoms. The van der Waals surface area contributed by atoms with Crippen LogP contribution in [0, 0.1) is 0 Å². The molecular formula is C11H17NO2S. The van der Waals surface area contributed by atoms with Gasteiger partial charge in [0.15, 0.2) is 0 Å². The lowest BCUT2D eigenvalue weighted by molar-refractivity contribution is -0.140. The van der Waals surface area contributed by atoms with Crippen molar-refractivity contribution in [1.82, 2.24) is 5.32 Å². The third-order valence-corrected chi connectivity index (χ3v) is 3.43. The standard InChI is InChI=1S/C11H17NO2S/c1-8(9-6-5-7-15-9)12-10(13)11(2,3)14-4/h5-8H,1-4H3,(H,12,13)/t8-/m0/s1. The van der Waals surface area contributed by atoms with Gasteiger partial charge in [0.1, 0.15) is 5.60 Å². The highest BCUT2D eigenvalue weighted by molar-refractivity contribution is 7.10. The van der Waals surface area contributed by atoms with Crippen LogP contribution in [0.4, 0.5) is 0 Å². The molecule has 4 heteroatoms. The van der Waals surface area contributed by atoms with Crippen LogP contribution in [-0.4, -0.2) is 18.6 Å². The molecule has 0 spiro atoms. The Morgan fingerprint density at radius 2 is 2.27 bits per heavy atom. The van der Waals surface area contributed by atoms with E-state index in [-0.39, 0.29) is 11.9 Å². The number of hydrogen-bond acceptors (Lipinski definition) is 3. The normalized spacial score (nSPS) is 13.6. The predicted molar refractivity (Wildman–Crippen MR) is 62.0 cm³/mol. The topological polar surface area (TPSA) is 38.3 Å². The van der Waals surface area contributed by atoms with Crippen molar-refractivity contribution in [3.05, 3.63) is 22.4 Å². The Bertz CT molecular complexity index is 319. The summed E-state index contributed by atoms with van der Waals surface area (Å²) >= 11 is 1.64. The summed E-state index contributed by atoms with van der Waals surface area (Å²) < 4.78 is 5.11. The van der Waals surface area contributed by atoms with Gasteiger partial charge in [-0.1, -0.05) is 6.07 Å².